The van der Waals surface area contributed by atoms with Crippen LogP contribution in [0.1, 0.15) is 26.2 Å². The third-order valence-electron chi connectivity index (χ3n) is 3.83. The molecule has 0 radical (unpaired) electrons. The van der Waals surface area contributed by atoms with Crippen molar-refractivity contribution in [1.29, 1.82) is 5.39 Å². The standard InChI is InChI=1S/C14H20N3O/c1-3-11-6-8-17(9-7-11)12-4-5-13(16-15)14(10-12)18-2/h4-5,10-11H,3,6-9H2,1-2H3/q+1. The maximum Gasteiger partial charge on any atom is 0.426 e. The summed E-state index contributed by atoms with van der Waals surface area (Å²) < 4.78 is 5.23. The maximum absolute atomic E-state index is 8.85. The van der Waals surface area contributed by atoms with Gasteiger partial charge in [-0.25, -0.2) is 0 Å². The van der Waals surface area contributed by atoms with E-state index in [0.717, 1.165) is 24.7 Å². The van der Waals surface area contributed by atoms with E-state index in [2.05, 4.69) is 16.8 Å². The van der Waals surface area contributed by atoms with Crippen molar-refractivity contribution in [3.05, 3.63) is 23.2 Å². The third kappa shape index (κ3) is 2.56. The van der Waals surface area contributed by atoms with Gasteiger partial charge < -0.3 is 9.64 Å². The number of nitrogens with zero attached hydrogens (tertiary/aromatic N) is 3. The number of hydrogen-bond acceptors (Lipinski definition) is 3. The summed E-state index contributed by atoms with van der Waals surface area (Å²) in [4.78, 5) is 5.58. The van der Waals surface area contributed by atoms with E-state index in [0.29, 0.717) is 11.4 Å². The SMILES string of the molecule is CCC1CCN(c2ccc([N+]#N)c(OC)c2)CC1. The number of rotatable bonds is 3. The highest BCUT2D eigenvalue weighted by atomic mass is 16.5. The summed E-state index contributed by atoms with van der Waals surface area (Å²) in [5.41, 5.74) is 1.62. The zero-order chi connectivity index (χ0) is 13.0. The van der Waals surface area contributed by atoms with E-state index in [9.17, 15) is 0 Å². The van der Waals surface area contributed by atoms with Crippen LogP contribution in [0.25, 0.3) is 4.98 Å². The highest BCUT2D eigenvalue weighted by Gasteiger charge is 2.21. The molecule has 1 heterocycles. The van der Waals surface area contributed by atoms with Crippen LogP contribution in [-0.2, 0) is 0 Å². The average Bonchev–Trinajstić information content (AvgIpc) is 2.46. The molecule has 0 aliphatic carbocycles. The Labute approximate surface area is 108 Å². The molecule has 0 amide bonds. The Morgan fingerprint density at radius 1 is 1.39 bits per heavy atom. The van der Waals surface area contributed by atoms with Crippen LogP contribution in [0.15, 0.2) is 18.2 Å². The first kappa shape index (κ1) is 12.7. The average molecular weight is 246 g/mol. The minimum absolute atomic E-state index is 0.477. The number of ether oxygens (including phenoxy) is 1. The number of diazo groups is 1. The van der Waals surface area contributed by atoms with Crippen LogP contribution in [0, 0.1) is 11.3 Å². The van der Waals surface area contributed by atoms with Crippen LogP contribution in [0.5, 0.6) is 5.75 Å². The third-order valence-corrected chi connectivity index (χ3v) is 3.83. The van der Waals surface area contributed by atoms with E-state index in [-0.39, 0.29) is 0 Å². The Morgan fingerprint density at radius 3 is 2.67 bits per heavy atom. The monoisotopic (exact) mass is 246 g/mol. The minimum atomic E-state index is 0.477. The molecule has 2 rings (SSSR count). The summed E-state index contributed by atoms with van der Waals surface area (Å²) in [7, 11) is 1.59. The van der Waals surface area contributed by atoms with Crippen LogP contribution in [0.2, 0.25) is 0 Å². The van der Waals surface area contributed by atoms with Crippen molar-refractivity contribution in [2.24, 2.45) is 5.92 Å². The Morgan fingerprint density at radius 2 is 2.11 bits per heavy atom. The first-order valence-electron chi connectivity index (χ1n) is 6.56. The number of methoxy groups -OCH3 is 1. The van der Waals surface area contributed by atoms with Gasteiger partial charge >= 0.3 is 5.69 Å². The second-order valence-electron chi connectivity index (χ2n) is 4.79. The van der Waals surface area contributed by atoms with Gasteiger partial charge in [0.25, 0.3) is 0 Å². The van der Waals surface area contributed by atoms with Gasteiger partial charge in [-0.1, -0.05) is 13.3 Å². The predicted octanol–water partition coefficient (Wildman–Crippen LogP) is 3.81. The van der Waals surface area contributed by atoms with Gasteiger partial charge in [0.2, 0.25) is 11.1 Å². The molecule has 1 aromatic rings. The molecule has 4 nitrogen and oxygen atoms in total. The molecular weight excluding hydrogens is 226 g/mol. The quantitative estimate of drug-likeness (QED) is 0.761. The number of hydrogen-bond donors (Lipinski definition) is 0. The van der Waals surface area contributed by atoms with Crippen molar-refractivity contribution < 1.29 is 4.74 Å². The summed E-state index contributed by atoms with van der Waals surface area (Å²) in [6.45, 7) is 4.45. The summed E-state index contributed by atoms with van der Waals surface area (Å²) in [6.07, 6.45) is 3.79. The van der Waals surface area contributed by atoms with E-state index >= 15 is 0 Å². The van der Waals surface area contributed by atoms with Gasteiger partial charge in [0.1, 0.15) is 0 Å². The topological polar surface area (TPSA) is 40.6 Å². The fourth-order valence-corrected chi connectivity index (χ4v) is 2.55. The van der Waals surface area contributed by atoms with Crippen molar-refractivity contribution in [3.8, 4) is 5.75 Å². The minimum Gasteiger partial charge on any atom is -0.489 e. The second-order valence-corrected chi connectivity index (χ2v) is 4.79. The lowest BCUT2D eigenvalue weighted by molar-refractivity contribution is 0.394. The molecule has 0 atom stereocenters. The summed E-state index contributed by atoms with van der Waals surface area (Å²) in [6, 6.07) is 5.73. The summed E-state index contributed by atoms with van der Waals surface area (Å²) in [5, 5.41) is 8.85. The molecule has 4 heteroatoms. The fourth-order valence-electron chi connectivity index (χ4n) is 2.55. The molecule has 0 N–H and O–H groups in total. The fraction of sp³-hybridized carbons (Fsp3) is 0.571. The molecule has 0 spiro atoms. The highest BCUT2D eigenvalue weighted by Crippen LogP contribution is 2.33. The maximum atomic E-state index is 8.85. The Balaban J connectivity index is 2.13. The van der Waals surface area contributed by atoms with Crippen molar-refractivity contribution >= 4 is 11.4 Å². The van der Waals surface area contributed by atoms with Gasteiger partial charge in [0, 0.05) is 30.9 Å². The van der Waals surface area contributed by atoms with Crippen molar-refractivity contribution in [3.63, 3.8) is 0 Å². The summed E-state index contributed by atoms with van der Waals surface area (Å²) >= 11 is 0. The van der Waals surface area contributed by atoms with E-state index in [4.69, 9.17) is 10.1 Å². The molecule has 1 saturated heterocycles. The molecular formula is C14H20N3O+. The Hall–Kier alpha value is -1.76. The Kier molecular flexibility index (Phi) is 4.03. The molecule has 1 aliphatic rings. The zero-order valence-corrected chi connectivity index (χ0v) is 11.1. The highest BCUT2D eigenvalue weighted by molar-refractivity contribution is 5.65. The molecule has 0 unspecified atom stereocenters. The van der Waals surface area contributed by atoms with Gasteiger partial charge in [-0.15, -0.1) is 0 Å². The molecule has 96 valence electrons. The molecule has 0 aromatic heterocycles. The number of anilines is 1. The van der Waals surface area contributed by atoms with E-state index < -0.39 is 0 Å². The molecule has 0 bridgehead atoms. The van der Waals surface area contributed by atoms with Crippen molar-refractivity contribution in [2.75, 3.05) is 25.1 Å². The number of benzene rings is 1. The van der Waals surface area contributed by atoms with E-state index in [1.807, 2.05) is 12.1 Å². The Bertz CT molecular complexity index is 445. The predicted molar refractivity (Wildman–Crippen MR) is 73.0 cm³/mol. The van der Waals surface area contributed by atoms with Gasteiger partial charge in [0.15, 0.2) is 4.98 Å². The van der Waals surface area contributed by atoms with Crippen molar-refractivity contribution in [2.45, 2.75) is 26.2 Å². The number of piperidine rings is 1. The van der Waals surface area contributed by atoms with Gasteiger partial charge in [-0.05, 0) is 24.8 Å². The molecule has 1 aromatic carbocycles. The van der Waals surface area contributed by atoms with Gasteiger partial charge in [0.05, 0.1) is 7.11 Å². The molecule has 0 saturated carbocycles. The van der Waals surface area contributed by atoms with E-state index in [1.54, 1.807) is 13.2 Å². The van der Waals surface area contributed by atoms with Crippen LogP contribution in [0.3, 0.4) is 0 Å². The van der Waals surface area contributed by atoms with Crippen LogP contribution >= 0.6 is 0 Å². The lowest BCUT2D eigenvalue weighted by Gasteiger charge is -2.33. The lowest BCUT2D eigenvalue weighted by Crippen LogP contribution is -2.33. The van der Waals surface area contributed by atoms with Gasteiger partial charge in [-0.3, -0.25) is 0 Å². The first-order chi connectivity index (χ1) is 8.78. The molecule has 1 fully saturated rings. The lowest BCUT2D eigenvalue weighted by atomic mass is 9.94. The largest absolute Gasteiger partial charge is 0.489 e. The second kappa shape index (κ2) is 5.72. The zero-order valence-electron chi connectivity index (χ0n) is 11.1. The normalized spacial score (nSPS) is 16.4. The molecule has 1 aliphatic heterocycles. The van der Waals surface area contributed by atoms with Gasteiger partial charge in [-0.2, -0.15) is 0 Å². The first-order valence-corrected chi connectivity index (χ1v) is 6.56. The van der Waals surface area contributed by atoms with E-state index in [1.165, 1.54) is 19.3 Å². The summed E-state index contributed by atoms with van der Waals surface area (Å²) in [5.74, 6) is 1.49. The smallest absolute Gasteiger partial charge is 0.426 e. The van der Waals surface area contributed by atoms with Crippen LogP contribution < -0.4 is 9.64 Å². The molecule has 18 heavy (non-hydrogen) atoms. The van der Waals surface area contributed by atoms with Crippen LogP contribution in [0.4, 0.5) is 11.4 Å². The van der Waals surface area contributed by atoms with Crippen molar-refractivity contribution in [1.82, 2.24) is 0 Å². The van der Waals surface area contributed by atoms with Crippen LogP contribution in [-0.4, -0.2) is 20.2 Å².